The predicted molar refractivity (Wildman–Crippen MR) is 90.2 cm³/mol. The third-order valence-electron chi connectivity index (χ3n) is 4.43. The third-order valence-corrected chi connectivity index (χ3v) is 4.43. The van der Waals surface area contributed by atoms with Crippen molar-refractivity contribution < 1.29 is 66.6 Å². The van der Waals surface area contributed by atoms with Crippen molar-refractivity contribution in [3.05, 3.63) is 47.5 Å². The topological polar surface area (TPSA) is 26.3 Å². The van der Waals surface area contributed by atoms with E-state index in [1.807, 2.05) is 0 Å². The van der Waals surface area contributed by atoms with Crippen LogP contribution in [0, 0.1) is 0 Å². The summed E-state index contributed by atoms with van der Waals surface area (Å²) in [5.41, 5.74) is 0.0361. The molecular weight excluding hydrogens is 507 g/mol. The highest BCUT2D eigenvalue weighted by Gasteiger charge is 2.90. The molecule has 0 saturated heterocycles. The minimum Gasteiger partial charge on any atom is -0.458 e. The second-order valence-electron chi connectivity index (χ2n) is 6.92. The maximum atomic E-state index is 13.8. The zero-order valence-corrected chi connectivity index (χ0v) is 16.8. The zero-order chi connectivity index (χ0) is 26.8. The molecule has 2 nitrogen and oxygen atoms in total. The molecule has 0 aliphatic heterocycles. The Bertz CT molecular complexity index is 871. The molecule has 0 aromatic heterocycles. The lowest BCUT2D eigenvalue weighted by Crippen LogP contribution is -2.70. The van der Waals surface area contributed by atoms with Crippen LogP contribution in [0.15, 0.2) is 36.4 Å². The van der Waals surface area contributed by atoms with Crippen LogP contribution in [-0.4, -0.2) is 41.8 Å². The van der Waals surface area contributed by atoms with Crippen molar-refractivity contribution in [3.8, 4) is 0 Å². The minimum absolute atomic E-state index is 0.241. The Kier molecular flexibility index (Phi) is 8.38. The summed E-state index contributed by atoms with van der Waals surface area (Å²) in [5.74, 6) is -37.6. The SMILES string of the molecule is C/C=C/C(=O)OCc1ccc(CCC(F)(F)C(F)(F)C(F)(F)C(F)(F)C(F)(F)C(F)(F)F)cc1. The maximum Gasteiger partial charge on any atom is 0.460 e. The molecule has 0 aliphatic rings. The maximum absolute atomic E-state index is 13.8. The minimum atomic E-state index is -7.91. The number of hydrogen-bond donors (Lipinski definition) is 0. The van der Waals surface area contributed by atoms with Crippen molar-refractivity contribution in [1.29, 1.82) is 0 Å². The van der Waals surface area contributed by atoms with E-state index in [9.17, 15) is 61.9 Å². The van der Waals surface area contributed by atoms with Gasteiger partial charge in [0.1, 0.15) is 6.61 Å². The normalized spacial score (nSPS) is 14.5. The second-order valence-corrected chi connectivity index (χ2v) is 6.92. The zero-order valence-electron chi connectivity index (χ0n) is 16.8. The van der Waals surface area contributed by atoms with Crippen LogP contribution >= 0.6 is 0 Å². The van der Waals surface area contributed by atoms with E-state index >= 15 is 0 Å². The summed E-state index contributed by atoms with van der Waals surface area (Å²) in [6.07, 6.45) is -8.49. The van der Waals surface area contributed by atoms with Gasteiger partial charge in [0.25, 0.3) is 0 Å². The molecule has 1 aromatic carbocycles. The van der Waals surface area contributed by atoms with Crippen molar-refractivity contribution in [2.45, 2.75) is 62.2 Å². The second kappa shape index (κ2) is 9.64. The average molecular weight is 522 g/mol. The van der Waals surface area contributed by atoms with Crippen molar-refractivity contribution >= 4 is 5.97 Å². The Hall–Kier alpha value is -2.48. The summed E-state index contributed by atoms with van der Waals surface area (Å²) in [6.45, 7) is 1.22. The summed E-state index contributed by atoms with van der Waals surface area (Å²) in [4.78, 5) is 11.2. The van der Waals surface area contributed by atoms with E-state index in [-0.39, 0.29) is 17.7 Å². The number of allylic oxidation sites excluding steroid dienone is 1. The standard InChI is InChI=1S/C19H15F13O2/c1-2-3-13(33)34-10-12-6-4-11(5-7-12)8-9-14(20,21)15(22,23)16(24,25)17(26,27)18(28,29)19(30,31)32/h2-7H,8-10H2,1H3/b3-2+. The van der Waals surface area contributed by atoms with Gasteiger partial charge in [0.15, 0.2) is 0 Å². The van der Waals surface area contributed by atoms with Crippen LogP contribution in [0.3, 0.4) is 0 Å². The fourth-order valence-electron chi connectivity index (χ4n) is 2.40. The lowest BCUT2D eigenvalue weighted by molar-refractivity contribution is -0.440. The highest BCUT2D eigenvalue weighted by Crippen LogP contribution is 2.60. The molecule has 0 amide bonds. The fraction of sp³-hybridized carbons (Fsp3) is 0.526. The number of ether oxygens (including phenoxy) is 1. The first kappa shape index (κ1) is 29.6. The molecule has 0 radical (unpaired) electrons. The molecule has 0 heterocycles. The van der Waals surface area contributed by atoms with E-state index in [4.69, 9.17) is 4.74 Å². The summed E-state index contributed by atoms with van der Waals surface area (Å²) < 4.78 is 175. The van der Waals surface area contributed by atoms with Crippen LogP contribution in [0.1, 0.15) is 24.5 Å². The quantitative estimate of drug-likeness (QED) is 0.188. The number of carbonyl (C=O) groups excluding carboxylic acids is 1. The third kappa shape index (κ3) is 5.43. The van der Waals surface area contributed by atoms with Gasteiger partial charge in [0.2, 0.25) is 0 Å². The Balaban J connectivity index is 3.03. The number of alkyl halides is 13. The van der Waals surface area contributed by atoms with Crippen LogP contribution in [0.4, 0.5) is 57.1 Å². The first-order valence-electron chi connectivity index (χ1n) is 8.99. The molecule has 15 heteroatoms. The van der Waals surface area contributed by atoms with E-state index in [0.29, 0.717) is 0 Å². The van der Waals surface area contributed by atoms with Gasteiger partial charge < -0.3 is 4.74 Å². The van der Waals surface area contributed by atoms with Gasteiger partial charge in [-0.05, 0) is 24.5 Å². The van der Waals surface area contributed by atoms with Gasteiger partial charge >= 0.3 is 41.8 Å². The number of benzene rings is 1. The monoisotopic (exact) mass is 522 g/mol. The molecular formula is C19H15F13O2. The van der Waals surface area contributed by atoms with Gasteiger partial charge in [0, 0.05) is 12.5 Å². The van der Waals surface area contributed by atoms with Crippen LogP contribution in [-0.2, 0) is 22.6 Å². The van der Waals surface area contributed by atoms with Crippen LogP contribution in [0.25, 0.3) is 0 Å². The molecule has 1 rings (SSSR count). The van der Waals surface area contributed by atoms with Gasteiger partial charge in [-0.1, -0.05) is 30.3 Å². The van der Waals surface area contributed by atoms with Crippen molar-refractivity contribution in [2.75, 3.05) is 0 Å². The van der Waals surface area contributed by atoms with Crippen molar-refractivity contribution in [3.63, 3.8) is 0 Å². The van der Waals surface area contributed by atoms with E-state index in [1.54, 1.807) is 0 Å². The van der Waals surface area contributed by atoms with E-state index in [1.165, 1.54) is 13.0 Å². The van der Waals surface area contributed by atoms with Crippen LogP contribution in [0.5, 0.6) is 0 Å². The van der Waals surface area contributed by atoms with Gasteiger partial charge in [-0.25, -0.2) is 4.79 Å². The van der Waals surface area contributed by atoms with E-state index < -0.39 is 54.6 Å². The van der Waals surface area contributed by atoms with Crippen molar-refractivity contribution in [2.24, 2.45) is 0 Å². The summed E-state index contributed by atoms with van der Waals surface area (Å²) in [5, 5.41) is 0. The number of esters is 1. The van der Waals surface area contributed by atoms with E-state index in [0.717, 1.165) is 30.3 Å². The molecule has 194 valence electrons. The van der Waals surface area contributed by atoms with Crippen LogP contribution in [0.2, 0.25) is 0 Å². The predicted octanol–water partition coefficient (Wildman–Crippen LogP) is 6.98. The highest BCUT2D eigenvalue weighted by molar-refractivity contribution is 5.81. The van der Waals surface area contributed by atoms with Gasteiger partial charge in [-0.2, -0.15) is 57.1 Å². The van der Waals surface area contributed by atoms with Gasteiger partial charge in [-0.15, -0.1) is 0 Å². The lowest BCUT2D eigenvalue weighted by atomic mass is 9.91. The molecule has 34 heavy (non-hydrogen) atoms. The number of carbonyl (C=O) groups is 1. The lowest BCUT2D eigenvalue weighted by Gasteiger charge is -2.39. The smallest absolute Gasteiger partial charge is 0.458 e. The molecule has 0 N–H and O–H groups in total. The first-order valence-corrected chi connectivity index (χ1v) is 8.99. The Labute approximate surface area is 183 Å². The number of halogens is 13. The van der Waals surface area contributed by atoms with Gasteiger partial charge in [-0.3, -0.25) is 0 Å². The molecule has 0 spiro atoms. The molecule has 1 aromatic rings. The molecule has 0 unspecified atom stereocenters. The largest absolute Gasteiger partial charge is 0.460 e. The number of aryl methyl sites for hydroxylation is 1. The fourth-order valence-corrected chi connectivity index (χ4v) is 2.40. The highest BCUT2D eigenvalue weighted by atomic mass is 19.4. The van der Waals surface area contributed by atoms with Crippen molar-refractivity contribution in [1.82, 2.24) is 0 Å². The summed E-state index contributed by atoms with van der Waals surface area (Å²) in [7, 11) is 0. The first-order chi connectivity index (χ1) is 15.2. The summed E-state index contributed by atoms with van der Waals surface area (Å²) >= 11 is 0. The molecule has 0 atom stereocenters. The summed E-state index contributed by atoms with van der Waals surface area (Å²) in [6, 6.07) is 4.30. The molecule has 0 aliphatic carbocycles. The molecule has 0 bridgehead atoms. The number of hydrogen-bond acceptors (Lipinski definition) is 2. The average Bonchev–Trinajstić information content (AvgIpc) is 2.70. The van der Waals surface area contributed by atoms with Gasteiger partial charge in [0.05, 0.1) is 0 Å². The Morgan fingerprint density at radius 3 is 1.62 bits per heavy atom. The Morgan fingerprint density at radius 1 is 0.735 bits per heavy atom. The molecule has 0 fully saturated rings. The Morgan fingerprint density at radius 2 is 1.18 bits per heavy atom. The molecule has 0 saturated carbocycles. The van der Waals surface area contributed by atoms with E-state index in [2.05, 4.69) is 0 Å². The number of rotatable bonds is 10. The van der Waals surface area contributed by atoms with Crippen LogP contribution < -0.4 is 0 Å².